The summed E-state index contributed by atoms with van der Waals surface area (Å²) in [4.78, 5) is 12.8. The van der Waals surface area contributed by atoms with Gasteiger partial charge in [-0.3, -0.25) is 4.79 Å². The number of hydrogen-bond acceptors (Lipinski definition) is 2. The Kier molecular flexibility index (Phi) is 4.05. The average Bonchev–Trinajstić information content (AvgIpc) is 2.70. The predicted octanol–water partition coefficient (Wildman–Crippen LogP) is 4.50. The molecule has 0 saturated carbocycles. The number of para-hydroxylation sites is 1. The molecule has 0 aliphatic rings. The molecule has 0 radical (unpaired) electrons. The Balaban J connectivity index is 1.80. The van der Waals surface area contributed by atoms with Crippen molar-refractivity contribution in [2.45, 2.75) is 6.42 Å². The van der Waals surface area contributed by atoms with Gasteiger partial charge in [0.2, 0.25) is 0 Å². The Morgan fingerprint density at radius 1 is 0.846 bits per heavy atom. The fourth-order valence-electron chi connectivity index (χ4n) is 3.40. The number of aryl methyl sites for hydroxylation is 1. The van der Waals surface area contributed by atoms with Gasteiger partial charge in [-0.1, -0.05) is 66.7 Å². The lowest BCUT2D eigenvalue weighted by molar-refractivity contribution is 0.473. The van der Waals surface area contributed by atoms with Gasteiger partial charge in [-0.25, -0.2) is 0 Å². The molecule has 3 heteroatoms. The van der Waals surface area contributed by atoms with E-state index < -0.39 is 0 Å². The molecule has 26 heavy (non-hydrogen) atoms. The first kappa shape index (κ1) is 16.2. The highest BCUT2D eigenvalue weighted by Crippen LogP contribution is 2.28. The fraction of sp³-hybridized carbons (Fsp3) is 0.0870. The summed E-state index contributed by atoms with van der Waals surface area (Å²) < 4.78 is 1.60. The maximum atomic E-state index is 12.8. The monoisotopic (exact) mass is 341 g/mol. The van der Waals surface area contributed by atoms with Crippen LogP contribution in [0.5, 0.6) is 5.75 Å². The number of fused-ring (bicyclic) bond motifs is 1. The minimum Gasteiger partial charge on any atom is -0.507 e. The van der Waals surface area contributed by atoms with Gasteiger partial charge in [-0.15, -0.1) is 0 Å². The lowest BCUT2D eigenvalue weighted by Gasteiger charge is -2.12. The fourth-order valence-corrected chi connectivity index (χ4v) is 3.40. The molecule has 4 rings (SSSR count). The van der Waals surface area contributed by atoms with Crippen LogP contribution in [0.4, 0.5) is 0 Å². The van der Waals surface area contributed by atoms with E-state index in [-0.39, 0.29) is 11.3 Å². The second-order valence-corrected chi connectivity index (χ2v) is 6.45. The summed E-state index contributed by atoms with van der Waals surface area (Å²) in [7, 11) is 1.74. The molecular formula is C23H19NO2. The van der Waals surface area contributed by atoms with Gasteiger partial charge >= 0.3 is 0 Å². The van der Waals surface area contributed by atoms with Crippen molar-refractivity contribution in [3.05, 3.63) is 100 Å². The highest BCUT2D eigenvalue weighted by atomic mass is 16.3. The smallest absolute Gasteiger partial charge is 0.258 e. The van der Waals surface area contributed by atoms with Crippen LogP contribution >= 0.6 is 0 Å². The van der Waals surface area contributed by atoms with Crippen LogP contribution in [0.2, 0.25) is 0 Å². The topological polar surface area (TPSA) is 42.2 Å². The SMILES string of the molecule is Cn1c(=O)c(Cc2cccc(-c3ccccc3)c2)c(O)c2ccccc21. The Morgan fingerprint density at radius 3 is 2.35 bits per heavy atom. The summed E-state index contributed by atoms with van der Waals surface area (Å²) in [5, 5.41) is 11.4. The molecule has 0 saturated heterocycles. The molecule has 3 nitrogen and oxygen atoms in total. The Hall–Kier alpha value is -3.33. The minimum absolute atomic E-state index is 0.0776. The van der Waals surface area contributed by atoms with Gasteiger partial charge in [-0.2, -0.15) is 0 Å². The van der Waals surface area contributed by atoms with Crippen molar-refractivity contribution in [1.82, 2.24) is 4.57 Å². The van der Waals surface area contributed by atoms with Crippen LogP contribution in [0.3, 0.4) is 0 Å². The highest BCUT2D eigenvalue weighted by Gasteiger charge is 2.15. The van der Waals surface area contributed by atoms with Gasteiger partial charge < -0.3 is 9.67 Å². The summed E-state index contributed by atoms with van der Waals surface area (Å²) in [5.41, 5.74) is 4.22. The first-order chi connectivity index (χ1) is 12.6. The molecule has 0 amide bonds. The van der Waals surface area contributed by atoms with Crippen molar-refractivity contribution in [3.63, 3.8) is 0 Å². The van der Waals surface area contributed by atoms with Gasteiger partial charge in [-0.05, 0) is 28.8 Å². The first-order valence-corrected chi connectivity index (χ1v) is 8.59. The van der Waals surface area contributed by atoms with Gasteiger partial charge in [0, 0.05) is 18.9 Å². The standard InChI is InChI=1S/C23H19NO2/c1-24-21-13-6-5-12-19(21)22(25)20(23(24)26)15-16-8-7-11-18(14-16)17-9-3-2-4-10-17/h2-14,25H,15H2,1H3. The van der Waals surface area contributed by atoms with E-state index in [1.165, 1.54) is 0 Å². The molecule has 0 aliphatic heterocycles. The molecule has 0 bridgehead atoms. The summed E-state index contributed by atoms with van der Waals surface area (Å²) >= 11 is 0. The van der Waals surface area contributed by atoms with Crippen LogP contribution in [-0.4, -0.2) is 9.67 Å². The molecular weight excluding hydrogens is 322 g/mol. The molecule has 0 aliphatic carbocycles. The Labute approximate surface area is 151 Å². The zero-order valence-electron chi connectivity index (χ0n) is 14.5. The number of pyridine rings is 1. The first-order valence-electron chi connectivity index (χ1n) is 8.59. The highest BCUT2D eigenvalue weighted by molar-refractivity contribution is 5.86. The van der Waals surface area contributed by atoms with E-state index in [0.717, 1.165) is 22.2 Å². The summed E-state index contributed by atoms with van der Waals surface area (Å²) in [6.45, 7) is 0. The van der Waals surface area contributed by atoms with E-state index >= 15 is 0 Å². The number of nitrogens with zero attached hydrogens (tertiary/aromatic N) is 1. The van der Waals surface area contributed by atoms with Crippen LogP contribution in [0.1, 0.15) is 11.1 Å². The van der Waals surface area contributed by atoms with Gasteiger partial charge in [0.05, 0.1) is 11.1 Å². The maximum absolute atomic E-state index is 12.8. The van der Waals surface area contributed by atoms with E-state index in [2.05, 4.69) is 24.3 Å². The number of aromatic nitrogens is 1. The summed E-state index contributed by atoms with van der Waals surface area (Å²) in [6.07, 6.45) is 0.393. The summed E-state index contributed by atoms with van der Waals surface area (Å²) in [6, 6.07) is 25.6. The third-order valence-corrected chi connectivity index (χ3v) is 4.78. The molecule has 0 spiro atoms. The van der Waals surface area contributed by atoms with Crippen LogP contribution in [0.15, 0.2) is 83.7 Å². The minimum atomic E-state index is -0.161. The van der Waals surface area contributed by atoms with Crippen molar-refractivity contribution in [2.24, 2.45) is 7.05 Å². The molecule has 0 atom stereocenters. The van der Waals surface area contributed by atoms with Crippen molar-refractivity contribution >= 4 is 10.9 Å². The van der Waals surface area contributed by atoms with E-state index in [0.29, 0.717) is 17.4 Å². The molecule has 3 aromatic carbocycles. The second kappa shape index (κ2) is 6.52. The van der Waals surface area contributed by atoms with Gasteiger partial charge in [0.25, 0.3) is 5.56 Å². The zero-order valence-corrected chi connectivity index (χ0v) is 14.5. The van der Waals surface area contributed by atoms with E-state index in [1.807, 2.05) is 54.6 Å². The molecule has 0 unspecified atom stereocenters. The number of aromatic hydroxyl groups is 1. The third kappa shape index (κ3) is 2.78. The Bertz CT molecular complexity index is 1140. The number of benzene rings is 3. The zero-order chi connectivity index (χ0) is 18.1. The second-order valence-electron chi connectivity index (χ2n) is 6.45. The van der Waals surface area contributed by atoms with Crippen molar-refractivity contribution in [3.8, 4) is 16.9 Å². The van der Waals surface area contributed by atoms with Gasteiger partial charge in [0.15, 0.2) is 0 Å². The molecule has 1 heterocycles. The quantitative estimate of drug-likeness (QED) is 0.596. The van der Waals surface area contributed by atoms with E-state index in [9.17, 15) is 9.90 Å². The lowest BCUT2D eigenvalue weighted by Crippen LogP contribution is -2.21. The van der Waals surface area contributed by atoms with Crippen LogP contribution in [0.25, 0.3) is 22.0 Å². The summed E-state index contributed by atoms with van der Waals surface area (Å²) in [5.74, 6) is 0.0776. The molecule has 4 aromatic rings. The molecule has 0 fully saturated rings. The van der Waals surface area contributed by atoms with Gasteiger partial charge in [0.1, 0.15) is 5.75 Å². The van der Waals surface area contributed by atoms with E-state index in [1.54, 1.807) is 11.6 Å². The van der Waals surface area contributed by atoms with Crippen LogP contribution < -0.4 is 5.56 Å². The molecule has 1 aromatic heterocycles. The number of hydrogen-bond donors (Lipinski definition) is 1. The lowest BCUT2D eigenvalue weighted by atomic mass is 9.98. The van der Waals surface area contributed by atoms with Crippen LogP contribution in [-0.2, 0) is 13.5 Å². The predicted molar refractivity (Wildman–Crippen MR) is 106 cm³/mol. The normalized spacial score (nSPS) is 11.0. The van der Waals surface area contributed by atoms with Crippen molar-refractivity contribution < 1.29 is 5.11 Å². The van der Waals surface area contributed by atoms with Crippen LogP contribution in [0, 0.1) is 0 Å². The average molecular weight is 341 g/mol. The Morgan fingerprint density at radius 2 is 1.54 bits per heavy atom. The largest absolute Gasteiger partial charge is 0.507 e. The number of rotatable bonds is 3. The maximum Gasteiger partial charge on any atom is 0.258 e. The van der Waals surface area contributed by atoms with Crippen molar-refractivity contribution in [1.29, 1.82) is 0 Å². The molecule has 1 N–H and O–H groups in total. The third-order valence-electron chi connectivity index (χ3n) is 4.78. The van der Waals surface area contributed by atoms with Crippen molar-refractivity contribution in [2.75, 3.05) is 0 Å². The van der Waals surface area contributed by atoms with E-state index in [4.69, 9.17) is 0 Å². The molecule has 128 valence electrons.